The third kappa shape index (κ3) is 3.11. The third-order valence-electron chi connectivity index (χ3n) is 2.54. The van der Waals surface area contributed by atoms with Crippen molar-refractivity contribution in [3.8, 4) is 10.8 Å². The molecule has 1 N–H and O–H groups in total. The molecule has 96 valence electrons. The van der Waals surface area contributed by atoms with E-state index in [0.717, 1.165) is 22.8 Å². The highest BCUT2D eigenvalue weighted by Crippen LogP contribution is 2.25. The van der Waals surface area contributed by atoms with Crippen molar-refractivity contribution < 1.29 is 0 Å². The molecule has 0 unspecified atom stereocenters. The molecule has 0 fully saturated rings. The smallest absolute Gasteiger partial charge is 0.188 e. The summed E-state index contributed by atoms with van der Waals surface area (Å²) < 4.78 is 0. The number of aromatic nitrogens is 3. The number of hydrogen-bond donors (Lipinski definition) is 1. The van der Waals surface area contributed by atoms with Crippen molar-refractivity contribution in [2.75, 3.05) is 0 Å². The number of nitrogens with one attached hydrogen (secondary N) is 1. The Labute approximate surface area is 112 Å². The lowest BCUT2D eigenvalue weighted by Gasteiger charge is -2.05. The summed E-state index contributed by atoms with van der Waals surface area (Å²) in [6, 6.07) is 0.477. The average molecular weight is 262 g/mol. The summed E-state index contributed by atoms with van der Waals surface area (Å²) in [6.07, 6.45) is 3.65. The Kier molecular flexibility index (Phi) is 4.04. The first-order valence-electron chi connectivity index (χ1n) is 6.05. The fraction of sp³-hybridized carbons (Fsp3) is 0.462. The van der Waals surface area contributed by atoms with E-state index in [9.17, 15) is 0 Å². The van der Waals surface area contributed by atoms with Crippen LogP contribution in [0.4, 0.5) is 0 Å². The minimum atomic E-state index is 0.477. The number of thiazole rings is 1. The Morgan fingerprint density at radius 2 is 1.89 bits per heavy atom. The van der Waals surface area contributed by atoms with Gasteiger partial charge < -0.3 is 5.32 Å². The van der Waals surface area contributed by atoms with Crippen LogP contribution in [0.5, 0.6) is 0 Å². The van der Waals surface area contributed by atoms with E-state index in [1.54, 1.807) is 11.3 Å². The fourth-order valence-electron chi connectivity index (χ4n) is 1.49. The summed E-state index contributed by atoms with van der Waals surface area (Å²) in [6.45, 7) is 9.15. The van der Waals surface area contributed by atoms with E-state index >= 15 is 0 Å². The molecule has 18 heavy (non-hydrogen) atoms. The maximum atomic E-state index is 4.54. The van der Waals surface area contributed by atoms with Crippen molar-refractivity contribution >= 4 is 11.3 Å². The van der Waals surface area contributed by atoms with Gasteiger partial charge in [-0.3, -0.25) is 0 Å². The molecule has 0 aliphatic heterocycles. The zero-order valence-electron chi connectivity index (χ0n) is 11.2. The summed E-state index contributed by atoms with van der Waals surface area (Å²) in [5, 5.41) is 4.30. The zero-order chi connectivity index (χ0) is 13.1. The van der Waals surface area contributed by atoms with Gasteiger partial charge in [-0.15, -0.1) is 11.3 Å². The van der Waals surface area contributed by atoms with Crippen LogP contribution in [-0.2, 0) is 6.54 Å². The predicted molar refractivity (Wildman–Crippen MR) is 74.6 cm³/mol. The van der Waals surface area contributed by atoms with Gasteiger partial charge in [0.05, 0.1) is 5.69 Å². The highest BCUT2D eigenvalue weighted by atomic mass is 32.1. The second-order valence-corrected chi connectivity index (χ2v) is 5.73. The monoisotopic (exact) mass is 262 g/mol. The molecule has 0 atom stereocenters. The minimum Gasteiger partial charge on any atom is -0.310 e. The summed E-state index contributed by atoms with van der Waals surface area (Å²) >= 11 is 1.66. The van der Waals surface area contributed by atoms with Gasteiger partial charge in [0.15, 0.2) is 10.8 Å². The molecule has 2 aromatic heterocycles. The molecular weight excluding hydrogens is 244 g/mol. The van der Waals surface area contributed by atoms with Gasteiger partial charge in [0.1, 0.15) is 0 Å². The lowest BCUT2D eigenvalue weighted by Crippen LogP contribution is -2.21. The van der Waals surface area contributed by atoms with Crippen LogP contribution in [0.1, 0.15) is 30.0 Å². The molecule has 0 saturated carbocycles. The quantitative estimate of drug-likeness (QED) is 0.920. The first-order valence-corrected chi connectivity index (χ1v) is 6.86. The van der Waals surface area contributed by atoms with Gasteiger partial charge in [-0.25, -0.2) is 15.0 Å². The SMILES string of the molecule is Cc1cnc(-c2nc(C)c(CNC(C)C)s2)nc1. The standard InChI is InChI=1S/C13H18N4S/c1-8(2)14-7-11-10(4)17-13(18-11)12-15-5-9(3)6-16-12/h5-6,8,14H,7H2,1-4H3. The van der Waals surface area contributed by atoms with Crippen LogP contribution in [0.2, 0.25) is 0 Å². The van der Waals surface area contributed by atoms with Crippen molar-refractivity contribution in [1.29, 1.82) is 0 Å². The van der Waals surface area contributed by atoms with Crippen molar-refractivity contribution in [2.24, 2.45) is 0 Å². The average Bonchev–Trinajstić information content (AvgIpc) is 2.69. The second-order valence-electron chi connectivity index (χ2n) is 4.65. The van der Waals surface area contributed by atoms with Gasteiger partial charge >= 0.3 is 0 Å². The van der Waals surface area contributed by atoms with Crippen molar-refractivity contribution in [2.45, 2.75) is 40.3 Å². The fourth-order valence-corrected chi connectivity index (χ4v) is 2.45. The van der Waals surface area contributed by atoms with Crippen LogP contribution in [0.3, 0.4) is 0 Å². The van der Waals surface area contributed by atoms with Crippen molar-refractivity contribution in [3.63, 3.8) is 0 Å². The molecule has 0 spiro atoms. The van der Waals surface area contributed by atoms with Crippen molar-refractivity contribution in [1.82, 2.24) is 20.3 Å². The summed E-state index contributed by atoms with van der Waals surface area (Å²) in [5.74, 6) is 0.712. The van der Waals surface area contributed by atoms with Crippen LogP contribution < -0.4 is 5.32 Å². The van der Waals surface area contributed by atoms with Crippen LogP contribution in [0.15, 0.2) is 12.4 Å². The van der Waals surface area contributed by atoms with E-state index in [1.807, 2.05) is 26.2 Å². The maximum absolute atomic E-state index is 4.54. The summed E-state index contributed by atoms with van der Waals surface area (Å²) in [7, 11) is 0. The van der Waals surface area contributed by atoms with Gasteiger partial charge in [-0.1, -0.05) is 13.8 Å². The van der Waals surface area contributed by atoms with Gasteiger partial charge in [0.25, 0.3) is 0 Å². The molecule has 0 bridgehead atoms. The van der Waals surface area contributed by atoms with Gasteiger partial charge in [-0.05, 0) is 19.4 Å². The van der Waals surface area contributed by atoms with Crippen LogP contribution in [0, 0.1) is 13.8 Å². The Morgan fingerprint density at radius 3 is 2.50 bits per heavy atom. The first kappa shape index (κ1) is 13.1. The topological polar surface area (TPSA) is 50.7 Å². The minimum absolute atomic E-state index is 0.477. The molecule has 0 amide bonds. The highest BCUT2D eigenvalue weighted by molar-refractivity contribution is 7.15. The Balaban J connectivity index is 2.20. The molecule has 0 aliphatic carbocycles. The number of nitrogens with zero attached hydrogens (tertiary/aromatic N) is 3. The van der Waals surface area contributed by atoms with Gasteiger partial charge in [0.2, 0.25) is 0 Å². The van der Waals surface area contributed by atoms with E-state index in [0.29, 0.717) is 11.9 Å². The van der Waals surface area contributed by atoms with Crippen LogP contribution in [0.25, 0.3) is 10.8 Å². The Morgan fingerprint density at radius 1 is 1.22 bits per heavy atom. The van der Waals surface area contributed by atoms with Crippen molar-refractivity contribution in [3.05, 3.63) is 28.5 Å². The van der Waals surface area contributed by atoms with E-state index in [-0.39, 0.29) is 0 Å². The van der Waals surface area contributed by atoms with Gasteiger partial charge in [0, 0.05) is 29.9 Å². The zero-order valence-corrected chi connectivity index (χ0v) is 12.0. The van der Waals surface area contributed by atoms with Gasteiger partial charge in [-0.2, -0.15) is 0 Å². The Hall–Kier alpha value is -1.33. The molecule has 0 aliphatic rings. The second kappa shape index (κ2) is 5.54. The first-order chi connectivity index (χ1) is 8.56. The van der Waals surface area contributed by atoms with E-state index in [2.05, 4.69) is 34.1 Å². The summed E-state index contributed by atoms with van der Waals surface area (Å²) in [4.78, 5) is 14.4. The molecule has 0 saturated heterocycles. The third-order valence-corrected chi connectivity index (χ3v) is 3.69. The molecular formula is C13H18N4S. The highest BCUT2D eigenvalue weighted by Gasteiger charge is 2.11. The molecule has 4 nitrogen and oxygen atoms in total. The van der Waals surface area contributed by atoms with E-state index in [4.69, 9.17) is 0 Å². The summed E-state index contributed by atoms with van der Waals surface area (Å²) in [5.41, 5.74) is 2.13. The number of aryl methyl sites for hydroxylation is 2. The molecule has 5 heteroatoms. The maximum Gasteiger partial charge on any atom is 0.188 e. The molecule has 0 aromatic carbocycles. The largest absolute Gasteiger partial charge is 0.310 e. The van der Waals surface area contributed by atoms with Crippen LogP contribution >= 0.6 is 11.3 Å². The molecule has 2 rings (SSSR count). The van der Waals surface area contributed by atoms with E-state index < -0.39 is 0 Å². The Bertz CT molecular complexity index is 516. The lowest BCUT2D eigenvalue weighted by molar-refractivity contribution is 0.591. The lowest BCUT2D eigenvalue weighted by atomic mass is 10.3. The number of hydrogen-bond acceptors (Lipinski definition) is 5. The van der Waals surface area contributed by atoms with Crippen LogP contribution in [-0.4, -0.2) is 21.0 Å². The normalized spacial score (nSPS) is 11.2. The molecule has 2 heterocycles. The number of rotatable bonds is 4. The molecule has 0 radical (unpaired) electrons. The molecule has 2 aromatic rings. The van der Waals surface area contributed by atoms with E-state index in [1.165, 1.54) is 4.88 Å². The predicted octanol–water partition coefficient (Wildman–Crippen LogP) is 2.71.